The third-order valence-corrected chi connectivity index (χ3v) is 6.25. The van der Waals surface area contributed by atoms with E-state index in [9.17, 15) is 0 Å². The summed E-state index contributed by atoms with van der Waals surface area (Å²) in [5.74, 6) is 2.54. The number of aromatic nitrogens is 4. The predicted octanol–water partition coefficient (Wildman–Crippen LogP) is 5.33. The molecular weight excluding hydrogens is 346 g/mol. The lowest BCUT2D eigenvalue weighted by molar-refractivity contribution is 0.328. The largest absolute Gasteiger partial charge is 0.345 e. The topological polar surface area (TPSA) is 66.5 Å². The van der Waals surface area contributed by atoms with Crippen molar-refractivity contribution in [2.45, 2.75) is 32.6 Å². The Morgan fingerprint density at radius 2 is 2.00 bits per heavy atom. The third kappa shape index (κ3) is 3.21. The first-order valence-electron chi connectivity index (χ1n) is 10.2. The van der Waals surface area contributed by atoms with E-state index in [1.165, 1.54) is 31.4 Å². The van der Waals surface area contributed by atoms with Gasteiger partial charge in [-0.05, 0) is 49.0 Å². The number of benzene rings is 1. The molecule has 0 spiro atoms. The Labute approximate surface area is 165 Å². The summed E-state index contributed by atoms with van der Waals surface area (Å²) >= 11 is 0. The number of rotatable bonds is 4. The van der Waals surface area contributed by atoms with Crippen LogP contribution in [0.2, 0.25) is 0 Å². The molecule has 2 N–H and O–H groups in total. The average Bonchev–Trinajstić information content (AvgIpc) is 3.41. The minimum absolute atomic E-state index is 0.460. The highest BCUT2D eigenvalue weighted by atomic mass is 15.1. The second kappa shape index (κ2) is 7.23. The molecule has 2 unspecified atom stereocenters. The summed E-state index contributed by atoms with van der Waals surface area (Å²) in [7, 11) is 0. The highest BCUT2D eigenvalue weighted by molar-refractivity contribution is 5.80. The molecule has 1 fully saturated rings. The zero-order valence-electron chi connectivity index (χ0n) is 16.1. The molecule has 5 rings (SSSR count). The fourth-order valence-corrected chi connectivity index (χ4v) is 4.68. The Morgan fingerprint density at radius 3 is 2.89 bits per heavy atom. The third-order valence-electron chi connectivity index (χ3n) is 6.25. The molecule has 2 atom stereocenters. The van der Waals surface area contributed by atoms with E-state index in [0.717, 1.165) is 28.2 Å². The van der Waals surface area contributed by atoms with Crippen LogP contribution >= 0.6 is 0 Å². The maximum atomic E-state index is 4.76. The molecule has 2 aromatic heterocycles. The maximum absolute atomic E-state index is 4.76. The lowest BCUT2D eigenvalue weighted by atomic mass is 9.77. The van der Waals surface area contributed by atoms with Gasteiger partial charge in [0.05, 0.1) is 23.1 Å². The van der Waals surface area contributed by atoms with Crippen molar-refractivity contribution in [1.82, 2.24) is 19.9 Å². The van der Waals surface area contributed by atoms with Gasteiger partial charge in [0.15, 0.2) is 0 Å². The number of nitrogens with one attached hydrogen (secondary N) is 2. The van der Waals surface area contributed by atoms with Crippen molar-refractivity contribution >= 4 is 17.0 Å². The van der Waals surface area contributed by atoms with Crippen molar-refractivity contribution in [2.24, 2.45) is 17.8 Å². The Bertz CT molecular complexity index is 1040. The molecule has 0 radical (unpaired) electrons. The van der Waals surface area contributed by atoms with E-state index in [-0.39, 0.29) is 0 Å². The summed E-state index contributed by atoms with van der Waals surface area (Å²) in [5, 5.41) is 3.49. The van der Waals surface area contributed by atoms with Gasteiger partial charge in [-0.1, -0.05) is 38.0 Å². The van der Waals surface area contributed by atoms with Crippen LogP contribution in [-0.4, -0.2) is 19.9 Å². The van der Waals surface area contributed by atoms with E-state index >= 15 is 0 Å². The molecule has 2 aliphatic rings. The van der Waals surface area contributed by atoms with E-state index in [2.05, 4.69) is 57.6 Å². The molecule has 142 valence electrons. The molecule has 5 heteroatoms. The lowest BCUT2D eigenvalue weighted by Gasteiger charge is -2.31. The summed E-state index contributed by atoms with van der Waals surface area (Å²) in [5.41, 5.74) is 5.14. The van der Waals surface area contributed by atoms with Crippen LogP contribution in [0, 0.1) is 17.8 Å². The number of hydrogen-bond donors (Lipinski definition) is 2. The Balaban J connectivity index is 1.37. The fraction of sp³-hybridized carbons (Fsp3) is 0.348. The molecule has 0 aliphatic heterocycles. The second-order valence-electron chi connectivity index (χ2n) is 7.94. The van der Waals surface area contributed by atoms with Crippen LogP contribution in [0.1, 0.15) is 32.6 Å². The van der Waals surface area contributed by atoms with E-state index in [1.807, 2.05) is 18.3 Å². The summed E-state index contributed by atoms with van der Waals surface area (Å²) in [6, 6.07) is 8.09. The van der Waals surface area contributed by atoms with Gasteiger partial charge in [-0.3, -0.25) is 0 Å². The van der Waals surface area contributed by atoms with Gasteiger partial charge >= 0.3 is 0 Å². The van der Waals surface area contributed by atoms with Gasteiger partial charge in [0, 0.05) is 23.4 Å². The van der Waals surface area contributed by atoms with Crippen molar-refractivity contribution < 1.29 is 0 Å². The molecule has 2 aliphatic carbocycles. The minimum Gasteiger partial charge on any atom is -0.345 e. The lowest BCUT2D eigenvalue weighted by Crippen LogP contribution is -2.25. The zero-order valence-corrected chi connectivity index (χ0v) is 16.1. The van der Waals surface area contributed by atoms with Crippen molar-refractivity contribution in [2.75, 3.05) is 5.32 Å². The molecule has 5 nitrogen and oxygen atoms in total. The van der Waals surface area contributed by atoms with Crippen LogP contribution < -0.4 is 5.32 Å². The Morgan fingerprint density at radius 1 is 1.11 bits per heavy atom. The molecule has 0 bridgehead atoms. The van der Waals surface area contributed by atoms with E-state index in [0.29, 0.717) is 17.8 Å². The van der Waals surface area contributed by atoms with E-state index in [1.54, 1.807) is 6.33 Å². The summed E-state index contributed by atoms with van der Waals surface area (Å²) in [6.45, 7) is 2.32. The first-order valence-corrected chi connectivity index (χ1v) is 10.2. The second-order valence-corrected chi connectivity index (χ2v) is 7.94. The standard InChI is InChI=1S/C23H25N5/c1-15-18(16-5-2-3-6-16)7-4-8-19(15)27-23-24-12-11-20(28-23)17-9-10-21-22(13-17)26-14-25-21/h4,7-16,18H,2-3,5-6H2,1H3,(H,25,26)(H,24,27,28). The summed E-state index contributed by atoms with van der Waals surface area (Å²) < 4.78 is 0. The van der Waals surface area contributed by atoms with Crippen LogP contribution in [0.25, 0.3) is 22.3 Å². The van der Waals surface area contributed by atoms with Crippen LogP contribution in [-0.2, 0) is 0 Å². The first kappa shape index (κ1) is 17.2. The van der Waals surface area contributed by atoms with Gasteiger partial charge in [0.25, 0.3) is 0 Å². The molecule has 0 amide bonds. The quantitative estimate of drug-likeness (QED) is 0.651. The molecule has 2 heterocycles. The van der Waals surface area contributed by atoms with Gasteiger partial charge in [-0.25, -0.2) is 15.0 Å². The SMILES string of the molecule is CC1C(Nc2nccc(-c3ccc4nc[nH]c4c3)n2)=CC=CC1C1CCCC1. The van der Waals surface area contributed by atoms with Crippen LogP contribution in [0.3, 0.4) is 0 Å². The highest BCUT2D eigenvalue weighted by Crippen LogP contribution is 2.40. The number of nitrogens with zero attached hydrogens (tertiary/aromatic N) is 3. The highest BCUT2D eigenvalue weighted by Gasteiger charge is 2.30. The molecule has 1 aromatic carbocycles. The Hall–Kier alpha value is -2.95. The Kier molecular flexibility index (Phi) is 4.43. The van der Waals surface area contributed by atoms with Gasteiger partial charge in [-0.15, -0.1) is 0 Å². The molecular formula is C23H25N5. The number of fused-ring (bicyclic) bond motifs is 1. The van der Waals surface area contributed by atoms with Crippen LogP contribution in [0.5, 0.6) is 0 Å². The van der Waals surface area contributed by atoms with E-state index < -0.39 is 0 Å². The van der Waals surface area contributed by atoms with Crippen molar-refractivity contribution in [3.8, 4) is 11.3 Å². The monoisotopic (exact) mass is 371 g/mol. The predicted molar refractivity (Wildman–Crippen MR) is 113 cm³/mol. The fourth-order valence-electron chi connectivity index (χ4n) is 4.68. The summed E-state index contributed by atoms with van der Waals surface area (Å²) in [4.78, 5) is 16.7. The van der Waals surface area contributed by atoms with Crippen LogP contribution in [0.4, 0.5) is 5.95 Å². The minimum atomic E-state index is 0.460. The van der Waals surface area contributed by atoms with Crippen molar-refractivity contribution in [3.63, 3.8) is 0 Å². The number of hydrogen-bond acceptors (Lipinski definition) is 4. The molecule has 3 aromatic rings. The molecule has 1 saturated carbocycles. The van der Waals surface area contributed by atoms with Gasteiger partial charge in [-0.2, -0.15) is 0 Å². The number of imidazole rings is 1. The van der Waals surface area contributed by atoms with Gasteiger partial charge in [0.1, 0.15) is 0 Å². The molecule has 0 saturated heterocycles. The number of aromatic amines is 1. The number of anilines is 1. The zero-order chi connectivity index (χ0) is 18.9. The normalized spacial score (nSPS) is 22.5. The van der Waals surface area contributed by atoms with E-state index in [4.69, 9.17) is 4.98 Å². The van der Waals surface area contributed by atoms with Crippen LogP contribution in [0.15, 0.2) is 60.7 Å². The van der Waals surface area contributed by atoms with Gasteiger partial charge in [0.2, 0.25) is 5.95 Å². The maximum Gasteiger partial charge on any atom is 0.227 e. The number of H-pyrrole nitrogens is 1. The van der Waals surface area contributed by atoms with Gasteiger partial charge < -0.3 is 10.3 Å². The smallest absolute Gasteiger partial charge is 0.227 e. The summed E-state index contributed by atoms with van der Waals surface area (Å²) in [6.07, 6.45) is 15.8. The number of allylic oxidation sites excluding steroid dienone is 4. The van der Waals surface area contributed by atoms with Crippen molar-refractivity contribution in [3.05, 3.63) is 60.7 Å². The molecule has 28 heavy (non-hydrogen) atoms. The average molecular weight is 371 g/mol. The van der Waals surface area contributed by atoms with Crippen molar-refractivity contribution in [1.29, 1.82) is 0 Å². The first-order chi connectivity index (χ1) is 13.8.